The first kappa shape index (κ1) is 14.8. The molecule has 0 saturated carbocycles. The number of methoxy groups -OCH3 is 1. The molecular weight excluding hydrogens is 230 g/mol. The molecular formula is C14H23NO3. The van der Waals surface area contributed by atoms with Crippen molar-refractivity contribution in [3.63, 3.8) is 0 Å². The predicted molar refractivity (Wildman–Crippen MR) is 73.3 cm³/mol. The molecule has 1 aromatic rings. The van der Waals surface area contributed by atoms with Crippen molar-refractivity contribution in [2.75, 3.05) is 25.6 Å². The van der Waals surface area contributed by atoms with Gasteiger partial charge in [0.2, 0.25) is 0 Å². The van der Waals surface area contributed by atoms with Crippen LogP contribution in [0.15, 0.2) is 18.2 Å². The van der Waals surface area contributed by atoms with Crippen LogP contribution in [0.5, 0.6) is 5.75 Å². The van der Waals surface area contributed by atoms with E-state index in [9.17, 15) is 5.11 Å². The molecule has 1 atom stereocenters. The monoisotopic (exact) mass is 253 g/mol. The van der Waals surface area contributed by atoms with E-state index in [0.29, 0.717) is 12.3 Å². The first-order chi connectivity index (χ1) is 8.62. The van der Waals surface area contributed by atoms with E-state index in [2.05, 4.69) is 19.2 Å². The van der Waals surface area contributed by atoms with Gasteiger partial charge < -0.3 is 20.3 Å². The molecule has 1 rings (SSSR count). The predicted octanol–water partition coefficient (Wildman–Crippen LogP) is 1.97. The molecule has 1 unspecified atom stereocenters. The van der Waals surface area contributed by atoms with Crippen LogP contribution in [0.25, 0.3) is 0 Å². The Bertz CT molecular complexity index is 366. The van der Waals surface area contributed by atoms with Gasteiger partial charge in [-0.1, -0.05) is 19.9 Å². The smallest absolute Gasteiger partial charge is 0.142 e. The zero-order valence-electron chi connectivity index (χ0n) is 11.3. The third-order valence-electron chi connectivity index (χ3n) is 2.95. The van der Waals surface area contributed by atoms with Crippen LogP contribution in [0.4, 0.5) is 5.69 Å². The Balaban J connectivity index is 2.87. The van der Waals surface area contributed by atoms with Crippen LogP contribution in [0, 0.1) is 0 Å². The molecule has 3 N–H and O–H groups in total. The van der Waals surface area contributed by atoms with E-state index in [1.54, 1.807) is 7.11 Å². The van der Waals surface area contributed by atoms with Crippen molar-refractivity contribution in [1.29, 1.82) is 0 Å². The number of aliphatic hydroxyl groups is 2. The molecule has 0 aliphatic carbocycles. The summed E-state index contributed by atoms with van der Waals surface area (Å²) in [4.78, 5) is 0. The summed E-state index contributed by atoms with van der Waals surface area (Å²) >= 11 is 0. The molecule has 102 valence electrons. The SMILES string of the molecule is COc1cc(C(C)C)ccc1NC(CO)CCO. The molecule has 0 aromatic heterocycles. The molecule has 0 heterocycles. The summed E-state index contributed by atoms with van der Waals surface area (Å²) in [7, 11) is 1.63. The van der Waals surface area contributed by atoms with Crippen LogP contribution in [0.3, 0.4) is 0 Å². The van der Waals surface area contributed by atoms with Gasteiger partial charge in [-0.3, -0.25) is 0 Å². The Morgan fingerprint density at radius 3 is 2.50 bits per heavy atom. The van der Waals surface area contributed by atoms with E-state index in [1.807, 2.05) is 18.2 Å². The largest absolute Gasteiger partial charge is 0.495 e. The quantitative estimate of drug-likeness (QED) is 0.695. The Morgan fingerprint density at radius 2 is 2.00 bits per heavy atom. The highest BCUT2D eigenvalue weighted by Crippen LogP contribution is 2.29. The van der Waals surface area contributed by atoms with Crippen LogP contribution < -0.4 is 10.1 Å². The van der Waals surface area contributed by atoms with Crippen molar-refractivity contribution in [2.24, 2.45) is 0 Å². The molecule has 4 heteroatoms. The van der Waals surface area contributed by atoms with Crippen LogP contribution in [-0.4, -0.2) is 36.6 Å². The summed E-state index contributed by atoms with van der Waals surface area (Å²) in [6.07, 6.45) is 0.506. The molecule has 0 radical (unpaired) electrons. The van der Waals surface area contributed by atoms with E-state index in [-0.39, 0.29) is 19.3 Å². The van der Waals surface area contributed by atoms with E-state index in [4.69, 9.17) is 9.84 Å². The molecule has 0 saturated heterocycles. The highest BCUT2D eigenvalue weighted by atomic mass is 16.5. The molecule has 0 spiro atoms. The molecule has 0 aliphatic heterocycles. The third kappa shape index (κ3) is 3.89. The fourth-order valence-corrected chi connectivity index (χ4v) is 1.77. The van der Waals surface area contributed by atoms with Crippen molar-refractivity contribution < 1.29 is 14.9 Å². The van der Waals surface area contributed by atoms with Crippen LogP contribution >= 0.6 is 0 Å². The molecule has 18 heavy (non-hydrogen) atoms. The normalized spacial score (nSPS) is 12.6. The molecule has 0 fully saturated rings. The van der Waals surface area contributed by atoms with Gasteiger partial charge in [0.15, 0.2) is 0 Å². The molecule has 0 bridgehead atoms. The number of anilines is 1. The van der Waals surface area contributed by atoms with Gasteiger partial charge in [-0.2, -0.15) is 0 Å². The lowest BCUT2D eigenvalue weighted by molar-refractivity contribution is 0.228. The third-order valence-corrected chi connectivity index (χ3v) is 2.95. The zero-order valence-corrected chi connectivity index (χ0v) is 11.3. The second-order valence-corrected chi connectivity index (χ2v) is 4.65. The standard InChI is InChI=1S/C14H23NO3/c1-10(2)11-4-5-13(14(8-11)18-3)15-12(9-17)6-7-16/h4-5,8,10,12,15-17H,6-7,9H2,1-3H3. The van der Waals surface area contributed by atoms with Gasteiger partial charge in [0.1, 0.15) is 5.75 Å². The average molecular weight is 253 g/mol. The Morgan fingerprint density at radius 1 is 1.28 bits per heavy atom. The van der Waals surface area contributed by atoms with Gasteiger partial charge in [-0.25, -0.2) is 0 Å². The average Bonchev–Trinajstić information content (AvgIpc) is 2.38. The Kier molecular flexibility index (Phi) is 5.95. The van der Waals surface area contributed by atoms with Gasteiger partial charge in [0, 0.05) is 6.61 Å². The number of hydrogen-bond acceptors (Lipinski definition) is 4. The number of ether oxygens (including phenoxy) is 1. The number of nitrogens with one attached hydrogen (secondary N) is 1. The summed E-state index contributed by atoms with van der Waals surface area (Å²) in [6, 6.07) is 5.84. The maximum atomic E-state index is 9.21. The van der Waals surface area contributed by atoms with Gasteiger partial charge in [-0.05, 0) is 30.0 Å². The van der Waals surface area contributed by atoms with Gasteiger partial charge >= 0.3 is 0 Å². The van der Waals surface area contributed by atoms with Gasteiger partial charge in [0.05, 0.1) is 25.4 Å². The number of benzene rings is 1. The van der Waals surface area contributed by atoms with Crippen molar-refractivity contribution in [3.05, 3.63) is 23.8 Å². The number of hydrogen-bond donors (Lipinski definition) is 3. The molecule has 1 aromatic carbocycles. The second-order valence-electron chi connectivity index (χ2n) is 4.65. The van der Waals surface area contributed by atoms with Crippen molar-refractivity contribution in [3.8, 4) is 5.75 Å². The highest BCUT2D eigenvalue weighted by molar-refractivity contribution is 5.58. The fraction of sp³-hybridized carbons (Fsp3) is 0.571. The minimum Gasteiger partial charge on any atom is -0.495 e. The highest BCUT2D eigenvalue weighted by Gasteiger charge is 2.11. The lowest BCUT2D eigenvalue weighted by Gasteiger charge is -2.19. The molecule has 4 nitrogen and oxygen atoms in total. The van der Waals surface area contributed by atoms with Gasteiger partial charge in [-0.15, -0.1) is 0 Å². The lowest BCUT2D eigenvalue weighted by atomic mass is 10.0. The summed E-state index contributed by atoms with van der Waals surface area (Å²) < 4.78 is 5.35. The minimum absolute atomic E-state index is 0.0182. The molecule has 0 amide bonds. The zero-order chi connectivity index (χ0) is 13.5. The van der Waals surface area contributed by atoms with E-state index in [1.165, 1.54) is 5.56 Å². The van der Waals surface area contributed by atoms with Crippen molar-refractivity contribution >= 4 is 5.69 Å². The summed E-state index contributed by atoms with van der Waals surface area (Å²) in [5, 5.41) is 21.3. The Labute approximate surface area is 109 Å². The topological polar surface area (TPSA) is 61.7 Å². The minimum atomic E-state index is -0.159. The first-order valence-electron chi connectivity index (χ1n) is 6.28. The van der Waals surface area contributed by atoms with E-state index < -0.39 is 0 Å². The maximum absolute atomic E-state index is 9.21. The van der Waals surface area contributed by atoms with Gasteiger partial charge in [0.25, 0.3) is 0 Å². The number of aliphatic hydroxyl groups excluding tert-OH is 2. The van der Waals surface area contributed by atoms with E-state index >= 15 is 0 Å². The summed E-state index contributed by atoms with van der Waals surface area (Å²) in [5.41, 5.74) is 2.05. The van der Waals surface area contributed by atoms with Crippen LogP contribution in [0.2, 0.25) is 0 Å². The Hall–Kier alpha value is -1.26. The second kappa shape index (κ2) is 7.24. The summed E-state index contributed by atoms with van der Waals surface area (Å²) in [6.45, 7) is 4.29. The van der Waals surface area contributed by atoms with Crippen molar-refractivity contribution in [1.82, 2.24) is 0 Å². The van der Waals surface area contributed by atoms with E-state index in [0.717, 1.165) is 11.4 Å². The van der Waals surface area contributed by atoms with Crippen molar-refractivity contribution in [2.45, 2.75) is 32.2 Å². The molecule has 0 aliphatic rings. The lowest BCUT2D eigenvalue weighted by Crippen LogP contribution is -2.25. The maximum Gasteiger partial charge on any atom is 0.142 e. The fourth-order valence-electron chi connectivity index (χ4n) is 1.77. The van der Waals surface area contributed by atoms with Crippen LogP contribution in [-0.2, 0) is 0 Å². The summed E-state index contributed by atoms with van der Waals surface area (Å²) in [5.74, 6) is 1.21. The first-order valence-corrected chi connectivity index (χ1v) is 6.28. The number of rotatable bonds is 7. The van der Waals surface area contributed by atoms with Crippen LogP contribution in [0.1, 0.15) is 31.7 Å².